The predicted octanol–water partition coefficient (Wildman–Crippen LogP) is 2.04. The molecule has 0 aliphatic carbocycles. The van der Waals surface area contributed by atoms with Gasteiger partial charge < -0.3 is 5.32 Å². The number of aromatic nitrogens is 2. The predicted molar refractivity (Wildman–Crippen MR) is 60.2 cm³/mol. The lowest BCUT2D eigenvalue weighted by atomic mass is 10.4. The van der Waals surface area contributed by atoms with E-state index in [1.165, 1.54) is 11.3 Å². The van der Waals surface area contributed by atoms with E-state index < -0.39 is 0 Å². The third kappa shape index (κ3) is 2.07. The minimum atomic E-state index is -0.0898. The molecule has 2 rings (SSSR count). The largest absolute Gasteiger partial charge is 0.306 e. The van der Waals surface area contributed by atoms with Crippen LogP contribution in [0.3, 0.4) is 0 Å². The van der Waals surface area contributed by atoms with Gasteiger partial charge in [0.25, 0.3) is 5.91 Å². The molecule has 0 aliphatic heterocycles. The molecule has 2 heterocycles. The molecule has 0 fully saturated rings. The van der Waals surface area contributed by atoms with Gasteiger partial charge in [-0.1, -0.05) is 6.07 Å². The van der Waals surface area contributed by atoms with Crippen LogP contribution in [0.4, 0.5) is 5.82 Å². The average molecular weight is 221 g/mol. The molecule has 1 amide bonds. The number of rotatable bonds is 2. The van der Waals surface area contributed by atoms with E-state index in [1.807, 2.05) is 24.4 Å². The number of thiophene rings is 1. The van der Waals surface area contributed by atoms with E-state index in [-0.39, 0.29) is 5.91 Å². The van der Waals surface area contributed by atoms with Crippen molar-refractivity contribution in [3.05, 3.63) is 34.2 Å². The second kappa shape index (κ2) is 3.86. The molecule has 0 atom stereocenters. The first-order chi connectivity index (χ1) is 7.16. The fraction of sp³-hybridized carbons (Fsp3) is 0.200. The normalized spacial score (nSPS) is 10.3. The van der Waals surface area contributed by atoms with Gasteiger partial charge in [0.2, 0.25) is 0 Å². The van der Waals surface area contributed by atoms with E-state index in [4.69, 9.17) is 0 Å². The minimum Gasteiger partial charge on any atom is -0.306 e. The zero-order valence-electron chi connectivity index (χ0n) is 8.52. The third-order valence-electron chi connectivity index (χ3n) is 1.99. The highest BCUT2D eigenvalue weighted by molar-refractivity contribution is 7.12. The molecule has 2 aromatic heterocycles. The van der Waals surface area contributed by atoms with Crippen molar-refractivity contribution < 1.29 is 4.79 Å². The number of nitrogens with one attached hydrogen (secondary N) is 1. The standard InChI is InChI=1S/C10H11N3OS/c1-7-6-9(13(2)12-7)11-10(14)8-4-3-5-15-8/h3-6H,1-2H3,(H,11,14). The van der Waals surface area contributed by atoms with E-state index >= 15 is 0 Å². The van der Waals surface area contributed by atoms with Crippen molar-refractivity contribution in [2.45, 2.75) is 6.92 Å². The van der Waals surface area contributed by atoms with Crippen molar-refractivity contribution in [1.29, 1.82) is 0 Å². The quantitative estimate of drug-likeness (QED) is 0.843. The zero-order chi connectivity index (χ0) is 10.8. The molecular formula is C10H11N3OS. The summed E-state index contributed by atoms with van der Waals surface area (Å²) in [6, 6.07) is 5.49. The number of carbonyl (C=O) groups excluding carboxylic acids is 1. The number of anilines is 1. The van der Waals surface area contributed by atoms with Gasteiger partial charge in [0.15, 0.2) is 0 Å². The maximum absolute atomic E-state index is 11.7. The Kier molecular flexibility index (Phi) is 2.55. The number of carbonyl (C=O) groups is 1. The SMILES string of the molecule is Cc1cc(NC(=O)c2cccs2)n(C)n1. The fourth-order valence-corrected chi connectivity index (χ4v) is 1.93. The van der Waals surface area contributed by atoms with Gasteiger partial charge in [-0.05, 0) is 18.4 Å². The summed E-state index contributed by atoms with van der Waals surface area (Å²) < 4.78 is 1.65. The van der Waals surface area contributed by atoms with Crippen molar-refractivity contribution in [3.8, 4) is 0 Å². The summed E-state index contributed by atoms with van der Waals surface area (Å²) in [5, 5.41) is 8.83. The number of aryl methyl sites for hydroxylation is 2. The van der Waals surface area contributed by atoms with E-state index in [1.54, 1.807) is 17.8 Å². The van der Waals surface area contributed by atoms with Crippen molar-refractivity contribution in [2.75, 3.05) is 5.32 Å². The number of nitrogens with zero attached hydrogens (tertiary/aromatic N) is 2. The second-order valence-corrected chi connectivity index (χ2v) is 4.17. The van der Waals surface area contributed by atoms with Crippen LogP contribution in [0.5, 0.6) is 0 Å². The van der Waals surface area contributed by atoms with Crippen molar-refractivity contribution in [3.63, 3.8) is 0 Å². The first-order valence-electron chi connectivity index (χ1n) is 4.52. The highest BCUT2D eigenvalue weighted by atomic mass is 32.1. The van der Waals surface area contributed by atoms with Crippen LogP contribution in [0.1, 0.15) is 15.4 Å². The Morgan fingerprint density at radius 1 is 1.60 bits per heavy atom. The number of hydrogen-bond acceptors (Lipinski definition) is 3. The molecule has 1 N–H and O–H groups in total. The molecule has 0 unspecified atom stereocenters. The minimum absolute atomic E-state index is 0.0898. The zero-order valence-corrected chi connectivity index (χ0v) is 9.34. The Morgan fingerprint density at radius 3 is 2.93 bits per heavy atom. The van der Waals surface area contributed by atoms with Crippen LogP contribution < -0.4 is 5.32 Å². The molecule has 0 aromatic carbocycles. The van der Waals surface area contributed by atoms with E-state index in [9.17, 15) is 4.79 Å². The lowest BCUT2D eigenvalue weighted by molar-refractivity contribution is 0.102. The lowest BCUT2D eigenvalue weighted by Gasteiger charge is -2.02. The molecule has 2 aromatic rings. The summed E-state index contributed by atoms with van der Waals surface area (Å²) in [7, 11) is 1.80. The molecule has 15 heavy (non-hydrogen) atoms. The first-order valence-corrected chi connectivity index (χ1v) is 5.40. The van der Waals surface area contributed by atoms with Crippen LogP contribution in [0.15, 0.2) is 23.6 Å². The monoisotopic (exact) mass is 221 g/mol. The van der Waals surface area contributed by atoms with Crippen LogP contribution in [0, 0.1) is 6.92 Å². The summed E-state index contributed by atoms with van der Waals surface area (Å²) >= 11 is 1.42. The van der Waals surface area contributed by atoms with Gasteiger partial charge in [0.05, 0.1) is 10.6 Å². The molecular weight excluding hydrogens is 210 g/mol. The van der Waals surface area contributed by atoms with Gasteiger partial charge in [-0.3, -0.25) is 9.48 Å². The topological polar surface area (TPSA) is 46.9 Å². The van der Waals surface area contributed by atoms with Gasteiger partial charge in [-0.15, -0.1) is 11.3 Å². The molecule has 5 heteroatoms. The molecule has 0 bridgehead atoms. The van der Waals surface area contributed by atoms with E-state index in [0.29, 0.717) is 10.7 Å². The molecule has 4 nitrogen and oxygen atoms in total. The number of hydrogen-bond donors (Lipinski definition) is 1. The van der Waals surface area contributed by atoms with Crippen LogP contribution in [-0.2, 0) is 7.05 Å². The number of amides is 1. The Balaban J connectivity index is 2.16. The summed E-state index contributed by atoms with van der Waals surface area (Å²) in [6.45, 7) is 1.89. The average Bonchev–Trinajstić information content (AvgIpc) is 2.76. The fourth-order valence-electron chi connectivity index (χ4n) is 1.31. The summed E-state index contributed by atoms with van der Waals surface area (Å²) in [6.07, 6.45) is 0. The third-order valence-corrected chi connectivity index (χ3v) is 2.86. The van der Waals surface area contributed by atoms with Gasteiger partial charge in [-0.2, -0.15) is 5.10 Å². The molecule has 0 radical (unpaired) electrons. The molecule has 0 saturated carbocycles. The highest BCUT2D eigenvalue weighted by Gasteiger charge is 2.09. The molecule has 0 aliphatic rings. The second-order valence-electron chi connectivity index (χ2n) is 3.23. The highest BCUT2D eigenvalue weighted by Crippen LogP contribution is 2.13. The Morgan fingerprint density at radius 2 is 2.40 bits per heavy atom. The van der Waals surface area contributed by atoms with Crippen molar-refractivity contribution in [1.82, 2.24) is 9.78 Å². The lowest BCUT2D eigenvalue weighted by Crippen LogP contribution is -2.12. The molecule has 0 spiro atoms. The van der Waals surface area contributed by atoms with Gasteiger partial charge >= 0.3 is 0 Å². The van der Waals surface area contributed by atoms with Crippen LogP contribution >= 0.6 is 11.3 Å². The van der Waals surface area contributed by atoms with Crippen molar-refractivity contribution >= 4 is 23.1 Å². The van der Waals surface area contributed by atoms with E-state index in [0.717, 1.165) is 5.69 Å². The smallest absolute Gasteiger partial charge is 0.266 e. The van der Waals surface area contributed by atoms with Gasteiger partial charge in [0, 0.05) is 13.1 Å². The van der Waals surface area contributed by atoms with E-state index in [2.05, 4.69) is 10.4 Å². The van der Waals surface area contributed by atoms with Crippen LogP contribution in [-0.4, -0.2) is 15.7 Å². The molecule has 78 valence electrons. The summed E-state index contributed by atoms with van der Waals surface area (Å²) in [5.74, 6) is 0.624. The summed E-state index contributed by atoms with van der Waals surface area (Å²) in [5.41, 5.74) is 0.888. The maximum atomic E-state index is 11.7. The molecule has 0 saturated heterocycles. The Labute approximate surface area is 91.5 Å². The van der Waals surface area contributed by atoms with Crippen LogP contribution in [0.2, 0.25) is 0 Å². The Hall–Kier alpha value is -1.62. The van der Waals surface area contributed by atoms with Crippen LogP contribution in [0.25, 0.3) is 0 Å². The van der Waals surface area contributed by atoms with Gasteiger partial charge in [-0.25, -0.2) is 0 Å². The summed E-state index contributed by atoms with van der Waals surface area (Å²) in [4.78, 5) is 12.4. The maximum Gasteiger partial charge on any atom is 0.266 e. The first kappa shape index (κ1) is 9.92. The van der Waals surface area contributed by atoms with Gasteiger partial charge in [0.1, 0.15) is 5.82 Å². The Bertz CT molecular complexity index is 473. The van der Waals surface area contributed by atoms with Crippen molar-refractivity contribution in [2.24, 2.45) is 7.05 Å².